The molecule has 1 aliphatic heterocycles. The topological polar surface area (TPSA) is 134 Å². The molecule has 2 aromatic heterocycles. The summed E-state index contributed by atoms with van der Waals surface area (Å²) in [6, 6.07) is 15.7. The molecular weight excluding hydrogens is 729 g/mol. The molecule has 1 unspecified atom stereocenters. The zero-order chi connectivity index (χ0) is 37.2. The van der Waals surface area contributed by atoms with Gasteiger partial charge in [-0.05, 0) is 73.2 Å². The molecule has 1 fully saturated rings. The van der Waals surface area contributed by atoms with Crippen LogP contribution in [0.2, 0.25) is 10.0 Å². The van der Waals surface area contributed by atoms with Crippen molar-refractivity contribution in [3.63, 3.8) is 0 Å². The van der Waals surface area contributed by atoms with Gasteiger partial charge in [0.05, 0.1) is 27.4 Å². The number of piperidine rings is 1. The van der Waals surface area contributed by atoms with E-state index in [4.69, 9.17) is 42.1 Å². The first kappa shape index (κ1) is 39.3. The summed E-state index contributed by atoms with van der Waals surface area (Å²) < 4.78 is 22.6. The number of halogens is 2. The van der Waals surface area contributed by atoms with Gasteiger partial charge in [-0.2, -0.15) is 4.73 Å². The molecule has 1 aliphatic rings. The number of ether oxygens (including phenoxy) is 4. The molecule has 278 valence electrons. The predicted octanol–water partition coefficient (Wildman–Crippen LogP) is 6.51. The van der Waals surface area contributed by atoms with Crippen molar-refractivity contribution in [3.05, 3.63) is 114 Å². The quantitative estimate of drug-likeness (QED) is 0.0696. The number of carboxylic acids is 1. The largest absolute Gasteiger partial charge is 0.619 e. The lowest BCUT2D eigenvalue weighted by Gasteiger charge is -2.31. The number of nitrogens with zero attached hydrogens (tertiary/aromatic N) is 2. The van der Waals surface area contributed by atoms with Crippen LogP contribution < -0.4 is 19.5 Å². The van der Waals surface area contributed by atoms with Crippen LogP contribution >= 0.6 is 34.5 Å². The molecule has 2 N–H and O–H groups in total. The number of esters is 1. The zero-order valence-corrected chi connectivity index (χ0v) is 31.6. The standard InChI is InChI=1S/C38H43Cl2N3O8S/c1-48-16-15-42-13-11-24(12-14-42)23-51-38(46)35(25-7-5-4-6-8-25)41-20-27-18-29(36(52-27)37(44)45)28(19-30-31(39)21-43(47)22-32(30)40)26-9-10-33(49-2)34(17-26)50-3/h4-10,17-18,21-22,24,28,35,41H,11-16,19-20,23H2,1-3H3,(H,44,45)/t28-,35?/m0/s1. The van der Waals surface area contributed by atoms with Crippen LogP contribution in [0.15, 0.2) is 67.0 Å². The Balaban J connectivity index is 1.40. The van der Waals surface area contributed by atoms with E-state index in [9.17, 15) is 19.9 Å². The number of nitrogens with one attached hydrogen (secondary N) is 1. The van der Waals surface area contributed by atoms with E-state index in [0.717, 1.165) is 54.9 Å². The summed E-state index contributed by atoms with van der Waals surface area (Å²) in [7, 11) is 4.75. The second-order valence-corrected chi connectivity index (χ2v) is 14.5. The summed E-state index contributed by atoms with van der Waals surface area (Å²) in [5.74, 6) is -0.821. The Hall–Kier alpha value is -3.91. The summed E-state index contributed by atoms with van der Waals surface area (Å²) in [5.41, 5.74) is 2.47. The second kappa shape index (κ2) is 18.7. The monoisotopic (exact) mass is 771 g/mol. The molecule has 2 atom stereocenters. The van der Waals surface area contributed by atoms with Crippen molar-refractivity contribution in [3.8, 4) is 11.5 Å². The van der Waals surface area contributed by atoms with E-state index >= 15 is 0 Å². The number of carbonyl (C=O) groups is 2. The molecule has 0 amide bonds. The van der Waals surface area contributed by atoms with Crippen LogP contribution in [0.25, 0.3) is 0 Å². The van der Waals surface area contributed by atoms with Crippen LogP contribution in [0.1, 0.15) is 61.6 Å². The maximum atomic E-state index is 13.6. The molecule has 2 aromatic carbocycles. The van der Waals surface area contributed by atoms with E-state index in [1.807, 2.05) is 42.5 Å². The highest BCUT2D eigenvalue weighted by Crippen LogP contribution is 2.41. The van der Waals surface area contributed by atoms with Crippen LogP contribution in [0.3, 0.4) is 0 Å². The average Bonchev–Trinajstić information content (AvgIpc) is 3.57. The average molecular weight is 773 g/mol. The molecular formula is C38H43Cl2N3O8S. The fourth-order valence-electron chi connectivity index (χ4n) is 6.44. The Morgan fingerprint density at radius 3 is 2.33 bits per heavy atom. The second-order valence-electron chi connectivity index (χ2n) is 12.6. The fraction of sp³-hybridized carbons (Fsp3) is 0.395. The Morgan fingerprint density at radius 2 is 1.69 bits per heavy atom. The zero-order valence-electron chi connectivity index (χ0n) is 29.3. The number of methoxy groups -OCH3 is 3. The number of aromatic carboxylic acids is 1. The van der Waals surface area contributed by atoms with Crippen molar-refractivity contribution in [1.82, 2.24) is 10.2 Å². The van der Waals surface area contributed by atoms with E-state index in [1.165, 1.54) is 26.6 Å². The number of carboxylic acid groups (broad SMARTS) is 1. The maximum Gasteiger partial charge on any atom is 0.346 e. The number of carbonyl (C=O) groups excluding carboxylic acids is 1. The minimum absolute atomic E-state index is 0.120. The first-order valence-corrected chi connectivity index (χ1v) is 18.5. The van der Waals surface area contributed by atoms with Gasteiger partial charge in [0.15, 0.2) is 23.9 Å². The van der Waals surface area contributed by atoms with Crippen molar-refractivity contribution < 1.29 is 38.4 Å². The number of rotatable bonds is 17. The Morgan fingerprint density at radius 1 is 1.00 bits per heavy atom. The van der Waals surface area contributed by atoms with Gasteiger partial charge in [-0.1, -0.05) is 59.6 Å². The van der Waals surface area contributed by atoms with Gasteiger partial charge < -0.3 is 34.2 Å². The third-order valence-corrected chi connectivity index (χ3v) is 11.1. The van der Waals surface area contributed by atoms with E-state index in [1.54, 1.807) is 19.2 Å². The number of likely N-dealkylation sites (tertiary alicyclic amines) is 1. The number of pyridine rings is 1. The molecule has 1 saturated heterocycles. The van der Waals surface area contributed by atoms with Crippen LogP contribution in [0.4, 0.5) is 0 Å². The lowest BCUT2D eigenvalue weighted by molar-refractivity contribution is -0.605. The smallest absolute Gasteiger partial charge is 0.346 e. The molecule has 4 aromatic rings. The predicted molar refractivity (Wildman–Crippen MR) is 200 cm³/mol. The molecule has 0 spiro atoms. The van der Waals surface area contributed by atoms with Crippen molar-refractivity contribution >= 4 is 46.5 Å². The third kappa shape index (κ3) is 9.94. The van der Waals surface area contributed by atoms with Crippen molar-refractivity contribution in [1.29, 1.82) is 0 Å². The van der Waals surface area contributed by atoms with E-state index in [0.29, 0.717) is 45.4 Å². The van der Waals surface area contributed by atoms with Crippen LogP contribution in [-0.2, 0) is 27.2 Å². The summed E-state index contributed by atoms with van der Waals surface area (Å²) >= 11 is 14.1. The number of hydrogen-bond donors (Lipinski definition) is 2. The number of benzene rings is 2. The number of thiophene rings is 1. The first-order chi connectivity index (χ1) is 25.1. The van der Waals surface area contributed by atoms with E-state index in [2.05, 4.69) is 10.2 Å². The lowest BCUT2D eigenvalue weighted by atomic mass is 9.85. The van der Waals surface area contributed by atoms with Crippen LogP contribution in [0.5, 0.6) is 11.5 Å². The first-order valence-electron chi connectivity index (χ1n) is 16.9. The van der Waals surface area contributed by atoms with Gasteiger partial charge in [-0.3, -0.25) is 5.32 Å². The van der Waals surface area contributed by atoms with Crippen molar-refractivity contribution in [2.24, 2.45) is 5.92 Å². The Labute approximate surface area is 317 Å². The van der Waals surface area contributed by atoms with Crippen LogP contribution in [0, 0.1) is 11.1 Å². The summed E-state index contributed by atoms with van der Waals surface area (Å²) in [6.07, 6.45) is 4.48. The molecule has 52 heavy (non-hydrogen) atoms. The van der Waals surface area contributed by atoms with Gasteiger partial charge in [0.25, 0.3) is 0 Å². The number of hydrogen-bond acceptors (Lipinski definition) is 10. The lowest BCUT2D eigenvalue weighted by Crippen LogP contribution is -2.38. The molecule has 0 bridgehead atoms. The minimum Gasteiger partial charge on any atom is -0.619 e. The Kier molecular flexibility index (Phi) is 14.2. The summed E-state index contributed by atoms with van der Waals surface area (Å²) in [6.45, 7) is 3.98. The summed E-state index contributed by atoms with van der Waals surface area (Å²) in [5, 5.41) is 26.1. The molecule has 0 aliphatic carbocycles. The van der Waals surface area contributed by atoms with Gasteiger partial charge in [-0.15, -0.1) is 11.3 Å². The van der Waals surface area contributed by atoms with Crippen molar-refractivity contribution in [2.75, 3.05) is 54.2 Å². The highest BCUT2D eigenvalue weighted by Gasteiger charge is 2.30. The minimum atomic E-state index is -1.10. The highest BCUT2D eigenvalue weighted by atomic mass is 35.5. The SMILES string of the molecule is COCCN1CCC(COC(=O)C(NCc2cc([C@@H](Cc3c(Cl)c[n+]([O-])cc3Cl)c3ccc(OC)c(OC)c3)c(C(=O)O)s2)c2ccccc2)CC1. The van der Waals surface area contributed by atoms with E-state index < -0.39 is 23.9 Å². The molecule has 5 rings (SSSR count). The van der Waals surface area contributed by atoms with Crippen molar-refractivity contribution in [2.45, 2.75) is 37.8 Å². The normalized spacial score (nSPS) is 14.9. The molecule has 0 saturated carbocycles. The van der Waals surface area contributed by atoms with Gasteiger partial charge in [0.2, 0.25) is 0 Å². The number of aromatic nitrogens is 1. The van der Waals surface area contributed by atoms with Gasteiger partial charge >= 0.3 is 11.9 Å². The molecule has 3 heterocycles. The van der Waals surface area contributed by atoms with Gasteiger partial charge in [0.1, 0.15) is 21.0 Å². The summed E-state index contributed by atoms with van der Waals surface area (Å²) in [4.78, 5) is 29.6. The maximum absolute atomic E-state index is 13.6. The fourth-order valence-corrected chi connectivity index (χ4v) is 8.05. The Bertz CT molecular complexity index is 1790. The molecule has 11 nitrogen and oxygen atoms in total. The molecule has 0 radical (unpaired) electrons. The highest BCUT2D eigenvalue weighted by molar-refractivity contribution is 7.14. The molecule has 14 heteroatoms. The van der Waals surface area contributed by atoms with Gasteiger partial charge in [0, 0.05) is 36.6 Å². The van der Waals surface area contributed by atoms with E-state index in [-0.39, 0.29) is 33.8 Å². The third-order valence-electron chi connectivity index (χ3n) is 9.29. The van der Waals surface area contributed by atoms with Crippen LogP contribution in [-0.4, -0.2) is 76.1 Å². The van der Waals surface area contributed by atoms with Gasteiger partial charge in [-0.25, -0.2) is 9.59 Å².